The van der Waals surface area contributed by atoms with Crippen LogP contribution < -0.4 is 20.7 Å². The number of amidine groups is 1. The largest absolute Gasteiger partial charge is 0.491 e. The smallest absolute Gasteiger partial charge is 0.490 e. The Labute approximate surface area is 297 Å². The maximum absolute atomic E-state index is 13.2. The van der Waals surface area contributed by atoms with Gasteiger partial charge in [-0.05, 0) is 50.5 Å². The zero-order valence-corrected chi connectivity index (χ0v) is 27.9. The van der Waals surface area contributed by atoms with Crippen molar-refractivity contribution >= 4 is 47.4 Å². The number of hydrogen-bond acceptors (Lipinski definition) is 10. The minimum absolute atomic E-state index is 0.0241. The van der Waals surface area contributed by atoms with Gasteiger partial charge in [0.1, 0.15) is 18.2 Å². The number of nitrogen functional groups attached to an aromatic ring is 1. The molecule has 0 aliphatic carbocycles. The number of piperidine rings is 1. The number of carboxylic acids is 3. The number of nitrogens with zero attached hydrogens (tertiary/aromatic N) is 2. The van der Waals surface area contributed by atoms with E-state index in [4.69, 9.17) is 45.5 Å². The van der Waals surface area contributed by atoms with E-state index in [-0.39, 0.29) is 43.3 Å². The van der Waals surface area contributed by atoms with Gasteiger partial charge in [0.2, 0.25) is 5.91 Å². The van der Waals surface area contributed by atoms with Crippen LogP contribution in [0.15, 0.2) is 48.8 Å². The lowest BCUT2D eigenvalue weighted by Crippen LogP contribution is -2.46. The summed E-state index contributed by atoms with van der Waals surface area (Å²) >= 11 is 0. The van der Waals surface area contributed by atoms with Gasteiger partial charge in [-0.1, -0.05) is 12.1 Å². The van der Waals surface area contributed by atoms with Gasteiger partial charge in [0, 0.05) is 60.7 Å². The Morgan fingerprint density at radius 3 is 2.02 bits per heavy atom. The summed E-state index contributed by atoms with van der Waals surface area (Å²) in [4.78, 5) is 60.3. The fourth-order valence-electron chi connectivity index (χ4n) is 4.31. The molecular formula is C32H37F6N5O10. The van der Waals surface area contributed by atoms with E-state index in [1.807, 2.05) is 12.1 Å². The van der Waals surface area contributed by atoms with Gasteiger partial charge in [0.25, 0.3) is 0 Å². The molecule has 0 spiro atoms. The molecule has 0 saturated carbocycles. The van der Waals surface area contributed by atoms with Crippen molar-refractivity contribution in [3.63, 3.8) is 0 Å². The van der Waals surface area contributed by atoms with Gasteiger partial charge >= 0.3 is 36.2 Å². The summed E-state index contributed by atoms with van der Waals surface area (Å²) in [6, 6.07) is 8.14. The maximum Gasteiger partial charge on any atom is 0.490 e. The number of carboxylic acid groups (broad SMARTS) is 3. The average Bonchev–Trinajstić information content (AvgIpc) is 3.08. The topological polar surface area (TPSA) is 243 Å². The van der Waals surface area contributed by atoms with E-state index in [1.54, 1.807) is 37.5 Å². The van der Waals surface area contributed by atoms with E-state index in [0.717, 1.165) is 24.9 Å². The second kappa shape index (κ2) is 21.5. The third-order valence-electron chi connectivity index (χ3n) is 6.90. The Morgan fingerprint density at radius 2 is 1.55 bits per heavy atom. The first kappa shape index (κ1) is 45.1. The van der Waals surface area contributed by atoms with Crippen LogP contribution in [0, 0.1) is 11.3 Å². The molecule has 1 aromatic heterocycles. The van der Waals surface area contributed by atoms with E-state index < -0.39 is 36.3 Å². The van der Waals surface area contributed by atoms with Gasteiger partial charge in [-0.15, -0.1) is 0 Å². The number of amides is 1. The molecule has 1 aliphatic heterocycles. The minimum atomic E-state index is -5.08. The predicted octanol–water partition coefficient (Wildman–Crippen LogP) is 3.85. The molecule has 0 unspecified atom stereocenters. The monoisotopic (exact) mass is 765 g/mol. The van der Waals surface area contributed by atoms with Crippen molar-refractivity contribution in [1.82, 2.24) is 10.3 Å². The fourth-order valence-corrected chi connectivity index (χ4v) is 4.31. The van der Waals surface area contributed by atoms with Crippen LogP contribution in [0.1, 0.15) is 43.7 Å². The number of carbonyl (C=O) groups is 5. The van der Waals surface area contributed by atoms with Crippen LogP contribution in [0.5, 0.6) is 5.75 Å². The van der Waals surface area contributed by atoms with Crippen molar-refractivity contribution in [2.24, 2.45) is 11.7 Å². The molecule has 1 aliphatic rings. The third kappa shape index (κ3) is 17.7. The first-order valence-corrected chi connectivity index (χ1v) is 15.4. The molecule has 3 rings (SSSR count). The summed E-state index contributed by atoms with van der Waals surface area (Å²) in [7, 11) is 0. The van der Waals surface area contributed by atoms with E-state index in [9.17, 15) is 40.7 Å². The molecule has 1 amide bonds. The SMILES string of the molecule is CCOC(=O)CC[C@@H](COc1cc(C(=N)N)ccc1C=CC(=O)O)NC(=O)C1CCN(c2ccncc2)CC1.O=C(O)C(F)(F)F.O=C(O)C(F)(F)F. The number of nitrogens with one attached hydrogen (secondary N) is 2. The molecule has 1 saturated heterocycles. The number of aliphatic carboxylic acids is 3. The second-order valence-corrected chi connectivity index (χ2v) is 10.8. The minimum Gasteiger partial charge on any atom is -0.491 e. The van der Waals surface area contributed by atoms with Crippen molar-refractivity contribution in [2.45, 2.75) is 51.0 Å². The molecule has 7 N–H and O–H groups in total. The lowest BCUT2D eigenvalue weighted by molar-refractivity contribution is -0.193. The number of aromatic nitrogens is 1. The number of benzene rings is 1. The summed E-state index contributed by atoms with van der Waals surface area (Å²) in [5.74, 6) is -7.15. The number of hydrogen-bond donors (Lipinski definition) is 6. The standard InChI is InChI=1S/C28H35N5O6.2C2HF3O2/c1-2-38-26(36)8-6-22(18-39-24-17-21(27(29)30)4-3-19(24)5-7-25(34)35)32-28(37)20-11-15-33(16-12-20)23-9-13-31-14-10-23;2*3-2(4,5)1(6)7/h3-5,7,9-10,13-14,17,20,22H,2,6,8,11-12,15-16,18H2,1H3,(H3,29,30)(H,32,37)(H,34,35);2*(H,6,7)/t22-;;/m0../s1. The molecule has 53 heavy (non-hydrogen) atoms. The van der Waals surface area contributed by atoms with Crippen LogP contribution >= 0.6 is 0 Å². The number of carbonyl (C=O) groups excluding carboxylic acids is 2. The number of anilines is 1. The van der Waals surface area contributed by atoms with Crippen LogP contribution in [-0.2, 0) is 28.7 Å². The van der Waals surface area contributed by atoms with E-state index in [2.05, 4.69) is 15.2 Å². The molecule has 21 heteroatoms. The molecule has 0 bridgehead atoms. The number of rotatable bonds is 13. The zero-order valence-electron chi connectivity index (χ0n) is 27.9. The van der Waals surface area contributed by atoms with Gasteiger partial charge in [-0.25, -0.2) is 14.4 Å². The van der Waals surface area contributed by atoms with Gasteiger partial charge in [0.05, 0.1) is 12.6 Å². The molecule has 1 fully saturated rings. The molecule has 1 atom stereocenters. The highest BCUT2D eigenvalue weighted by molar-refractivity contribution is 5.96. The van der Waals surface area contributed by atoms with E-state index >= 15 is 0 Å². The Morgan fingerprint density at radius 1 is 1.00 bits per heavy atom. The molecular weight excluding hydrogens is 728 g/mol. The van der Waals surface area contributed by atoms with Gasteiger partial charge < -0.3 is 40.7 Å². The average molecular weight is 766 g/mol. The molecule has 0 radical (unpaired) electrons. The Bertz CT molecular complexity index is 1560. The first-order valence-electron chi connectivity index (χ1n) is 15.4. The number of alkyl halides is 6. The summed E-state index contributed by atoms with van der Waals surface area (Å²) in [5, 5.41) is 34.0. The zero-order chi connectivity index (χ0) is 40.4. The van der Waals surface area contributed by atoms with Gasteiger partial charge in [0.15, 0.2) is 0 Å². The van der Waals surface area contributed by atoms with Crippen molar-refractivity contribution in [1.29, 1.82) is 5.41 Å². The Hall–Kier alpha value is -5.89. The number of halogens is 6. The molecule has 1 aromatic carbocycles. The highest BCUT2D eigenvalue weighted by Crippen LogP contribution is 2.25. The molecule has 15 nitrogen and oxygen atoms in total. The number of pyridine rings is 1. The van der Waals surface area contributed by atoms with Gasteiger partial charge in [-0.3, -0.25) is 20.0 Å². The summed E-state index contributed by atoms with van der Waals surface area (Å²) in [6.45, 7) is 3.50. The molecule has 2 aromatic rings. The fraction of sp³-hybridized carbons (Fsp3) is 0.406. The van der Waals surface area contributed by atoms with Crippen molar-refractivity contribution in [3.8, 4) is 5.75 Å². The third-order valence-corrected chi connectivity index (χ3v) is 6.90. The summed E-state index contributed by atoms with van der Waals surface area (Å²) in [6.07, 6.45) is -2.54. The Balaban J connectivity index is 0.000000845. The van der Waals surface area contributed by atoms with Crippen LogP contribution in [0.2, 0.25) is 0 Å². The maximum atomic E-state index is 13.2. The van der Waals surface area contributed by atoms with Gasteiger partial charge in [-0.2, -0.15) is 26.3 Å². The first-order chi connectivity index (χ1) is 24.6. The van der Waals surface area contributed by atoms with Crippen LogP contribution in [0.3, 0.4) is 0 Å². The van der Waals surface area contributed by atoms with Crippen LogP contribution in [0.25, 0.3) is 6.08 Å². The molecule has 2 heterocycles. The predicted molar refractivity (Wildman–Crippen MR) is 174 cm³/mol. The van der Waals surface area contributed by atoms with Crippen LogP contribution in [0.4, 0.5) is 32.0 Å². The quantitative estimate of drug-likeness (QED) is 0.0559. The van der Waals surface area contributed by atoms with E-state index in [1.165, 1.54) is 6.08 Å². The second-order valence-electron chi connectivity index (χ2n) is 10.8. The number of esters is 1. The van der Waals surface area contributed by atoms with E-state index in [0.29, 0.717) is 36.1 Å². The van der Waals surface area contributed by atoms with Crippen molar-refractivity contribution < 1.29 is 75.1 Å². The summed E-state index contributed by atoms with van der Waals surface area (Å²) in [5.41, 5.74) is 7.57. The van der Waals surface area contributed by atoms with Crippen LogP contribution in [-0.4, -0.2) is 101 Å². The highest BCUT2D eigenvalue weighted by atomic mass is 19.4. The Kier molecular flexibility index (Phi) is 18.3. The number of nitrogens with two attached hydrogens (primary N) is 1. The van der Waals surface area contributed by atoms with Crippen molar-refractivity contribution in [3.05, 3.63) is 59.9 Å². The normalized spacial score (nSPS) is 13.7. The highest BCUT2D eigenvalue weighted by Gasteiger charge is 2.39. The summed E-state index contributed by atoms with van der Waals surface area (Å²) < 4.78 is 74.5. The lowest BCUT2D eigenvalue weighted by Gasteiger charge is -2.33. The van der Waals surface area contributed by atoms with Crippen molar-refractivity contribution in [2.75, 3.05) is 31.2 Å². The molecule has 292 valence electrons. The lowest BCUT2D eigenvalue weighted by atomic mass is 9.95. The number of ether oxygens (including phenoxy) is 2.